The summed E-state index contributed by atoms with van der Waals surface area (Å²) in [5, 5.41) is 13.0. The van der Waals surface area contributed by atoms with Crippen LogP contribution in [0.3, 0.4) is 0 Å². The van der Waals surface area contributed by atoms with Gasteiger partial charge in [-0.25, -0.2) is 4.98 Å². The third kappa shape index (κ3) is 6.20. The van der Waals surface area contributed by atoms with E-state index in [1.807, 2.05) is 0 Å². The number of benzene rings is 1. The van der Waals surface area contributed by atoms with Crippen LogP contribution in [0.25, 0.3) is 0 Å². The molecule has 1 aromatic carbocycles. The molecule has 0 aliphatic rings. The van der Waals surface area contributed by atoms with Crippen molar-refractivity contribution in [1.82, 2.24) is 15.2 Å². The molecule has 0 saturated carbocycles. The van der Waals surface area contributed by atoms with E-state index < -0.39 is 5.91 Å². The Morgan fingerprint density at radius 2 is 2.00 bits per heavy atom. The van der Waals surface area contributed by atoms with Crippen molar-refractivity contribution in [2.24, 2.45) is 0 Å². The van der Waals surface area contributed by atoms with Crippen LogP contribution >= 0.6 is 11.6 Å². The van der Waals surface area contributed by atoms with Crippen LogP contribution in [0.15, 0.2) is 36.5 Å². The van der Waals surface area contributed by atoms with Gasteiger partial charge in [-0.1, -0.05) is 23.4 Å². The molecule has 0 aliphatic heterocycles. The number of rotatable bonds is 5. The van der Waals surface area contributed by atoms with Crippen molar-refractivity contribution in [2.45, 2.75) is 0 Å². The summed E-state index contributed by atoms with van der Waals surface area (Å²) in [4.78, 5) is 28.7. The first-order valence-electron chi connectivity index (χ1n) is 7.91. The molecule has 7 nitrogen and oxygen atoms in total. The van der Waals surface area contributed by atoms with Gasteiger partial charge in [0.2, 0.25) is 5.91 Å². The normalized spacial score (nSPS) is 9.74. The lowest BCUT2D eigenvalue weighted by atomic mass is 10.2. The molecule has 0 atom stereocenters. The molecular formula is C19H18ClN3O4. The molecule has 2 N–H and O–H groups in total. The van der Waals surface area contributed by atoms with Gasteiger partial charge >= 0.3 is 0 Å². The molecule has 2 amide bonds. The Kier molecular flexibility index (Phi) is 7.03. The average Bonchev–Trinajstić information content (AvgIpc) is 2.64. The predicted molar refractivity (Wildman–Crippen MR) is 101 cm³/mol. The van der Waals surface area contributed by atoms with Gasteiger partial charge in [0.15, 0.2) is 5.69 Å². The molecule has 27 heavy (non-hydrogen) atoms. The minimum absolute atomic E-state index is 0.136. The number of aromatic hydroxyl groups is 1. The lowest BCUT2D eigenvalue weighted by Crippen LogP contribution is -2.36. The van der Waals surface area contributed by atoms with Gasteiger partial charge in [-0.05, 0) is 30.3 Å². The highest BCUT2D eigenvalue weighted by molar-refractivity contribution is 6.30. The molecule has 0 saturated heterocycles. The fourth-order valence-corrected chi connectivity index (χ4v) is 2.01. The van der Waals surface area contributed by atoms with Gasteiger partial charge in [0.1, 0.15) is 18.1 Å². The van der Waals surface area contributed by atoms with Crippen LogP contribution in [0, 0.1) is 11.8 Å². The predicted octanol–water partition coefficient (Wildman–Crippen LogP) is 1.69. The third-order valence-electron chi connectivity index (χ3n) is 3.34. The van der Waals surface area contributed by atoms with Crippen molar-refractivity contribution in [2.75, 3.05) is 27.2 Å². The fraction of sp³-hybridized carbons (Fsp3) is 0.211. The van der Waals surface area contributed by atoms with E-state index in [4.69, 9.17) is 16.3 Å². The molecular weight excluding hydrogens is 370 g/mol. The second-order valence-corrected chi connectivity index (χ2v) is 6.04. The highest BCUT2D eigenvalue weighted by Crippen LogP contribution is 2.16. The van der Waals surface area contributed by atoms with Gasteiger partial charge in [-0.2, -0.15) is 0 Å². The summed E-state index contributed by atoms with van der Waals surface area (Å²) in [6.07, 6.45) is 1.36. The van der Waals surface area contributed by atoms with Crippen molar-refractivity contribution in [3.05, 3.63) is 52.8 Å². The Bertz CT molecular complexity index is 886. The third-order valence-corrected chi connectivity index (χ3v) is 3.59. The van der Waals surface area contributed by atoms with Crippen LogP contribution < -0.4 is 10.1 Å². The van der Waals surface area contributed by atoms with Gasteiger partial charge in [-0.3, -0.25) is 9.59 Å². The number of aromatic nitrogens is 1. The fourth-order valence-electron chi connectivity index (χ4n) is 1.88. The number of hydrogen-bond donors (Lipinski definition) is 2. The van der Waals surface area contributed by atoms with E-state index in [1.54, 1.807) is 38.4 Å². The first-order valence-corrected chi connectivity index (χ1v) is 8.29. The molecule has 0 aliphatic carbocycles. The smallest absolute Gasteiger partial charge is 0.274 e. The summed E-state index contributed by atoms with van der Waals surface area (Å²) in [5.41, 5.74) is 0.248. The van der Waals surface area contributed by atoms with Gasteiger partial charge in [0.05, 0.1) is 6.54 Å². The van der Waals surface area contributed by atoms with Crippen molar-refractivity contribution in [3.8, 4) is 23.3 Å². The van der Waals surface area contributed by atoms with E-state index in [-0.39, 0.29) is 30.5 Å². The molecule has 0 spiro atoms. The van der Waals surface area contributed by atoms with E-state index in [1.165, 1.54) is 17.2 Å². The maximum atomic E-state index is 12.0. The Balaban J connectivity index is 1.93. The van der Waals surface area contributed by atoms with Crippen LogP contribution in [0.5, 0.6) is 11.5 Å². The summed E-state index contributed by atoms with van der Waals surface area (Å²) in [6, 6.07) is 8.20. The molecule has 1 aromatic heterocycles. The van der Waals surface area contributed by atoms with Crippen molar-refractivity contribution >= 4 is 23.4 Å². The first kappa shape index (κ1) is 20.1. The highest BCUT2D eigenvalue weighted by atomic mass is 35.5. The lowest BCUT2D eigenvalue weighted by Gasteiger charge is -2.11. The molecule has 0 fully saturated rings. The highest BCUT2D eigenvalue weighted by Gasteiger charge is 2.14. The number of likely N-dealkylation sites (N-methyl/N-ethyl adjacent to an activating group) is 1. The second-order valence-electron chi connectivity index (χ2n) is 5.61. The van der Waals surface area contributed by atoms with E-state index in [2.05, 4.69) is 22.1 Å². The van der Waals surface area contributed by atoms with Crippen LogP contribution in [-0.2, 0) is 4.79 Å². The number of amides is 2. The molecule has 0 radical (unpaired) electrons. The second kappa shape index (κ2) is 9.46. The summed E-state index contributed by atoms with van der Waals surface area (Å²) in [5.74, 6) is 4.96. The Morgan fingerprint density at radius 1 is 1.30 bits per heavy atom. The molecule has 1 heterocycles. The van der Waals surface area contributed by atoms with E-state index >= 15 is 0 Å². The largest absolute Gasteiger partial charge is 0.505 e. The summed E-state index contributed by atoms with van der Waals surface area (Å²) >= 11 is 5.79. The number of carbonyl (C=O) groups is 2. The van der Waals surface area contributed by atoms with Gasteiger partial charge in [0, 0.05) is 30.9 Å². The number of hydrogen-bond acceptors (Lipinski definition) is 5. The summed E-state index contributed by atoms with van der Waals surface area (Å²) in [6.45, 7) is -0.0478. The zero-order valence-corrected chi connectivity index (χ0v) is 15.6. The van der Waals surface area contributed by atoms with Crippen LogP contribution in [0.1, 0.15) is 16.1 Å². The Morgan fingerprint density at radius 3 is 2.63 bits per heavy atom. The Labute approximate surface area is 161 Å². The molecule has 140 valence electrons. The lowest BCUT2D eigenvalue weighted by molar-refractivity contribution is -0.127. The maximum Gasteiger partial charge on any atom is 0.274 e. The first-order chi connectivity index (χ1) is 12.9. The van der Waals surface area contributed by atoms with E-state index in [0.717, 1.165) is 0 Å². The quantitative estimate of drug-likeness (QED) is 0.762. The van der Waals surface area contributed by atoms with E-state index in [9.17, 15) is 14.7 Å². The Hall–Kier alpha value is -3.24. The molecule has 8 heteroatoms. The monoisotopic (exact) mass is 387 g/mol. The zero-order chi connectivity index (χ0) is 19.8. The topological polar surface area (TPSA) is 91.8 Å². The molecule has 0 bridgehead atoms. The van der Waals surface area contributed by atoms with Gasteiger partial charge < -0.3 is 20.1 Å². The van der Waals surface area contributed by atoms with Crippen molar-refractivity contribution in [3.63, 3.8) is 0 Å². The number of nitrogens with one attached hydrogen (secondary N) is 1. The minimum Gasteiger partial charge on any atom is -0.505 e. The number of carbonyl (C=O) groups excluding carboxylic acids is 2. The summed E-state index contributed by atoms with van der Waals surface area (Å²) < 4.78 is 5.43. The van der Waals surface area contributed by atoms with Crippen LogP contribution in [-0.4, -0.2) is 54.1 Å². The van der Waals surface area contributed by atoms with Crippen LogP contribution in [0.2, 0.25) is 5.02 Å². The number of halogens is 1. The SMILES string of the molecule is CN(C)C(=O)CNC(=O)c1ncc(C#CCOc2ccc(Cl)cc2)cc1O. The van der Waals surface area contributed by atoms with E-state index in [0.29, 0.717) is 16.3 Å². The maximum absolute atomic E-state index is 12.0. The molecule has 2 rings (SSSR count). The summed E-state index contributed by atoms with van der Waals surface area (Å²) in [7, 11) is 3.16. The number of nitrogens with zero attached hydrogens (tertiary/aromatic N) is 2. The zero-order valence-electron chi connectivity index (χ0n) is 14.8. The van der Waals surface area contributed by atoms with Crippen molar-refractivity contribution in [1.29, 1.82) is 0 Å². The van der Waals surface area contributed by atoms with Gasteiger partial charge in [-0.15, -0.1) is 0 Å². The molecule has 0 unspecified atom stereocenters. The van der Waals surface area contributed by atoms with Gasteiger partial charge in [0.25, 0.3) is 5.91 Å². The van der Waals surface area contributed by atoms with Crippen LogP contribution in [0.4, 0.5) is 0 Å². The standard InChI is InChI=1S/C19H18ClN3O4/c1-23(2)17(25)12-22-19(26)18-16(24)10-13(11-21-18)4-3-9-27-15-7-5-14(20)6-8-15/h5-8,10-11,24H,9,12H2,1-2H3,(H,22,26). The van der Waals surface area contributed by atoms with Crippen molar-refractivity contribution < 1.29 is 19.4 Å². The molecule has 2 aromatic rings. The number of pyridine rings is 1. The number of ether oxygens (including phenoxy) is 1. The average molecular weight is 388 g/mol. The minimum atomic E-state index is -0.645.